The third-order valence-electron chi connectivity index (χ3n) is 5.28. The number of carbonyl (C=O) groups excluding carboxylic acids is 1. The van der Waals surface area contributed by atoms with Crippen LogP contribution in [0.3, 0.4) is 0 Å². The Labute approximate surface area is 152 Å². The van der Waals surface area contributed by atoms with E-state index < -0.39 is 0 Å². The number of nitrogens with zero attached hydrogens (tertiary/aromatic N) is 2. The molecular weight excluding hydrogens is 312 g/mol. The molecule has 0 aliphatic carbocycles. The van der Waals surface area contributed by atoms with Crippen LogP contribution in [0.15, 0.2) is 30.3 Å². The van der Waals surface area contributed by atoms with E-state index in [1.165, 1.54) is 18.4 Å². The van der Waals surface area contributed by atoms with E-state index in [0.717, 1.165) is 39.1 Å². The van der Waals surface area contributed by atoms with Crippen LogP contribution in [0.5, 0.6) is 0 Å². The number of piperidine rings is 1. The summed E-state index contributed by atoms with van der Waals surface area (Å²) in [5, 5.41) is 0. The van der Waals surface area contributed by atoms with Crippen LogP contribution in [0.25, 0.3) is 0 Å². The fraction of sp³-hybridized carbons (Fsp3) is 0.667. The maximum Gasteiger partial charge on any atom is 0.310 e. The Kier molecular flexibility index (Phi) is 5.80. The SMILES string of the molecule is CC(C)(C)OC(=O)[C@@H]1CCN(C2CCN(Cc3ccccc3)CC2)C1. The summed E-state index contributed by atoms with van der Waals surface area (Å²) >= 11 is 0. The molecule has 1 aromatic rings. The summed E-state index contributed by atoms with van der Waals surface area (Å²) < 4.78 is 5.57. The van der Waals surface area contributed by atoms with Gasteiger partial charge in [-0.25, -0.2) is 0 Å². The summed E-state index contributed by atoms with van der Waals surface area (Å²) in [7, 11) is 0. The van der Waals surface area contributed by atoms with Crippen molar-refractivity contribution >= 4 is 5.97 Å². The van der Waals surface area contributed by atoms with Crippen molar-refractivity contribution in [3.8, 4) is 0 Å². The molecule has 0 aromatic heterocycles. The molecule has 0 saturated carbocycles. The van der Waals surface area contributed by atoms with Crippen molar-refractivity contribution in [3.63, 3.8) is 0 Å². The fourth-order valence-electron chi connectivity index (χ4n) is 3.98. The third kappa shape index (κ3) is 5.29. The highest BCUT2D eigenvalue weighted by molar-refractivity contribution is 5.73. The van der Waals surface area contributed by atoms with Gasteiger partial charge >= 0.3 is 5.97 Å². The summed E-state index contributed by atoms with van der Waals surface area (Å²) in [6.45, 7) is 11.1. The zero-order valence-electron chi connectivity index (χ0n) is 15.9. The van der Waals surface area contributed by atoms with E-state index in [0.29, 0.717) is 6.04 Å². The van der Waals surface area contributed by atoms with Gasteiger partial charge in [-0.1, -0.05) is 30.3 Å². The van der Waals surface area contributed by atoms with Crippen LogP contribution in [0.4, 0.5) is 0 Å². The second-order valence-corrected chi connectivity index (χ2v) is 8.51. The van der Waals surface area contributed by atoms with Gasteiger partial charge in [0.2, 0.25) is 0 Å². The summed E-state index contributed by atoms with van der Waals surface area (Å²) in [5.41, 5.74) is 1.01. The largest absolute Gasteiger partial charge is 0.460 e. The van der Waals surface area contributed by atoms with E-state index >= 15 is 0 Å². The highest BCUT2D eigenvalue weighted by Gasteiger charge is 2.35. The number of carbonyl (C=O) groups is 1. The number of ether oxygens (including phenoxy) is 1. The van der Waals surface area contributed by atoms with Crippen LogP contribution in [0, 0.1) is 5.92 Å². The molecule has 2 aliphatic heterocycles. The Hall–Kier alpha value is -1.39. The highest BCUT2D eigenvalue weighted by atomic mass is 16.6. The lowest BCUT2D eigenvalue weighted by Gasteiger charge is -2.36. The molecule has 25 heavy (non-hydrogen) atoms. The minimum Gasteiger partial charge on any atom is -0.460 e. The maximum atomic E-state index is 12.3. The van der Waals surface area contributed by atoms with E-state index in [-0.39, 0.29) is 17.5 Å². The average molecular weight is 344 g/mol. The van der Waals surface area contributed by atoms with Crippen LogP contribution < -0.4 is 0 Å². The van der Waals surface area contributed by atoms with E-state index in [2.05, 4.69) is 40.1 Å². The first-order valence-electron chi connectivity index (χ1n) is 9.64. The minimum absolute atomic E-state index is 0.0171. The van der Waals surface area contributed by atoms with Gasteiger partial charge in [-0.3, -0.25) is 14.6 Å². The van der Waals surface area contributed by atoms with Crippen LogP contribution in [0.2, 0.25) is 0 Å². The molecule has 138 valence electrons. The van der Waals surface area contributed by atoms with E-state index in [9.17, 15) is 4.79 Å². The van der Waals surface area contributed by atoms with Crippen molar-refractivity contribution in [2.75, 3.05) is 26.2 Å². The normalized spacial score (nSPS) is 23.7. The molecular formula is C21H32N2O2. The molecule has 3 rings (SSSR count). The highest BCUT2D eigenvalue weighted by Crippen LogP contribution is 2.26. The van der Waals surface area contributed by atoms with Gasteiger partial charge in [0.05, 0.1) is 5.92 Å². The van der Waals surface area contributed by atoms with Crippen LogP contribution in [-0.4, -0.2) is 53.6 Å². The minimum atomic E-state index is -0.382. The van der Waals surface area contributed by atoms with Gasteiger partial charge in [0.25, 0.3) is 0 Å². The molecule has 0 spiro atoms. The molecule has 2 aliphatic rings. The van der Waals surface area contributed by atoms with E-state index in [1.54, 1.807) is 0 Å². The number of likely N-dealkylation sites (tertiary alicyclic amines) is 2. The molecule has 1 atom stereocenters. The van der Waals surface area contributed by atoms with Crippen molar-refractivity contribution in [1.82, 2.24) is 9.80 Å². The zero-order valence-corrected chi connectivity index (χ0v) is 15.9. The maximum absolute atomic E-state index is 12.3. The van der Waals surface area contributed by atoms with Gasteiger partial charge in [0.1, 0.15) is 5.60 Å². The van der Waals surface area contributed by atoms with E-state index in [1.807, 2.05) is 20.8 Å². The standard InChI is InChI=1S/C21H32N2O2/c1-21(2,3)25-20(24)18-9-14-23(16-18)19-10-12-22(13-11-19)15-17-7-5-4-6-8-17/h4-8,18-19H,9-16H2,1-3H3/t18-/m1/s1. The molecule has 0 unspecified atom stereocenters. The molecule has 0 radical (unpaired) electrons. The first kappa shape index (κ1) is 18.4. The molecule has 1 aromatic carbocycles. The smallest absolute Gasteiger partial charge is 0.310 e. The Balaban J connectivity index is 1.44. The van der Waals surface area contributed by atoms with Crippen molar-refractivity contribution in [1.29, 1.82) is 0 Å². The topological polar surface area (TPSA) is 32.8 Å². The van der Waals surface area contributed by atoms with Gasteiger partial charge in [0.15, 0.2) is 0 Å². The molecule has 4 nitrogen and oxygen atoms in total. The van der Waals surface area contributed by atoms with Gasteiger partial charge in [-0.2, -0.15) is 0 Å². The molecule has 4 heteroatoms. The van der Waals surface area contributed by atoms with Gasteiger partial charge in [-0.05, 0) is 65.2 Å². The summed E-state index contributed by atoms with van der Waals surface area (Å²) in [5.74, 6) is 0.0399. The molecule has 0 amide bonds. The molecule has 2 heterocycles. The number of benzene rings is 1. The average Bonchev–Trinajstić information content (AvgIpc) is 3.05. The quantitative estimate of drug-likeness (QED) is 0.785. The van der Waals surface area contributed by atoms with Crippen LogP contribution >= 0.6 is 0 Å². The lowest BCUT2D eigenvalue weighted by Crippen LogP contribution is -2.44. The van der Waals surface area contributed by atoms with Gasteiger partial charge in [0, 0.05) is 19.1 Å². The summed E-state index contributed by atoms with van der Waals surface area (Å²) in [6, 6.07) is 11.3. The Bertz CT molecular complexity index is 559. The zero-order chi connectivity index (χ0) is 17.9. The summed E-state index contributed by atoms with van der Waals surface area (Å²) in [4.78, 5) is 17.4. The van der Waals surface area contributed by atoms with Crippen molar-refractivity contribution in [2.24, 2.45) is 5.92 Å². The molecule has 2 saturated heterocycles. The number of rotatable bonds is 4. The van der Waals surface area contributed by atoms with Gasteiger partial charge in [-0.15, -0.1) is 0 Å². The molecule has 0 bridgehead atoms. The fourth-order valence-corrected chi connectivity index (χ4v) is 3.98. The number of hydrogen-bond acceptors (Lipinski definition) is 4. The Morgan fingerprint density at radius 3 is 2.40 bits per heavy atom. The second-order valence-electron chi connectivity index (χ2n) is 8.51. The van der Waals surface area contributed by atoms with Crippen LogP contribution in [0.1, 0.15) is 45.6 Å². The number of hydrogen-bond donors (Lipinski definition) is 0. The first-order chi connectivity index (χ1) is 11.9. The Morgan fingerprint density at radius 2 is 1.76 bits per heavy atom. The van der Waals surface area contributed by atoms with Gasteiger partial charge < -0.3 is 4.74 Å². The lowest BCUT2D eigenvalue weighted by atomic mass is 10.0. The number of esters is 1. The Morgan fingerprint density at radius 1 is 1.08 bits per heavy atom. The third-order valence-corrected chi connectivity index (χ3v) is 5.28. The lowest BCUT2D eigenvalue weighted by molar-refractivity contribution is -0.159. The van der Waals surface area contributed by atoms with Crippen molar-refractivity contribution in [3.05, 3.63) is 35.9 Å². The van der Waals surface area contributed by atoms with Crippen molar-refractivity contribution in [2.45, 2.75) is 58.2 Å². The summed E-state index contributed by atoms with van der Waals surface area (Å²) in [6.07, 6.45) is 3.35. The van der Waals surface area contributed by atoms with E-state index in [4.69, 9.17) is 4.74 Å². The predicted molar refractivity (Wildman–Crippen MR) is 100 cm³/mol. The monoisotopic (exact) mass is 344 g/mol. The molecule has 2 fully saturated rings. The first-order valence-corrected chi connectivity index (χ1v) is 9.64. The van der Waals surface area contributed by atoms with Crippen LogP contribution in [-0.2, 0) is 16.1 Å². The predicted octanol–water partition coefficient (Wildman–Crippen LogP) is 3.31. The second kappa shape index (κ2) is 7.88. The molecule has 0 N–H and O–H groups in total. The van der Waals surface area contributed by atoms with Crippen molar-refractivity contribution < 1.29 is 9.53 Å².